The fourth-order valence-corrected chi connectivity index (χ4v) is 0.463. The molecule has 0 aliphatic rings. The van der Waals surface area contributed by atoms with Crippen LogP contribution in [-0.4, -0.2) is 11.7 Å². The van der Waals surface area contributed by atoms with Crippen LogP contribution >= 0.6 is 11.6 Å². The Hall–Kier alpha value is -0.300. The predicted molar refractivity (Wildman–Crippen MR) is 35.2 cm³/mol. The molecule has 0 N–H and O–H groups in total. The van der Waals surface area contributed by atoms with E-state index in [1.807, 2.05) is 0 Å². The lowest BCUT2D eigenvalue weighted by Crippen LogP contribution is -1.96. The quantitative estimate of drug-likeness (QED) is 0.421. The number of carbonyl (C=O) groups is 1. The van der Waals surface area contributed by atoms with Crippen molar-refractivity contribution in [3.8, 4) is 0 Å². The van der Waals surface area contributed by atoms with Crippen LogP contribution in [0.5, 0.6) is 0 Å². The van der Waals surface area contributed by atoms with Gasteiger partial charge in [0.05, 0.1) is 5.88 Å². The van der Waals surface area contributed by atoms with Gasteiger partial charge in [-0.1, -0.05) is 6.08 Å². The van der Waals surface area contributed by atoms with Crippen LogP contribution in [0.15, 0.2) is 12.7 Å². The van der Waals surface area contributed by atoms with E-state index < -0.39 is 0 Å². The van der Waals surface area contributed by atoms with Crippen LogP contribution in [0.2, 0.25) is 0 Å². The number of allylic oxidation sites excluding steroid dienone is 1. The molecule has 46 valence electrons. The fourth-order valence-electron chi connectivity index (χ4n) is 0.330. The molecule has 1 nitrogen and oxygen atoms in total. The van der Waals surface area contributed by atoms with Crippen molar-refractivity contribution in [1.82, 2.24) is 0 Å². The summed E-state index contributed by atoms with van der Waals surface area (Å²) >= 11 is 5.20. The molecular weight excluding hydrogens is 124 g/mol. The first-order chi connectivity index (χ1) is 3.81. The maximum Gasteiger partial charge on any atom is 0.147 e. The van der Waals surface area contributed by atoms with Crippen LogP contribution < -0.4 is 0 Å². The Labute approximate surface area is 54.3 Å². The van der Waals surface area contributed by atoms with Gasteiger partial charge in [0.25, 0.3) is 0 Å². The minimum atomic E-state index is 0.0894. The van der Waals surface area contributed by atoms with Gasteiger partial charge >= 0.3 is 0 Å². The summed E-state index contributed by atoms with van der Waals surface area (Å²) in [6.45, 7) is 3.47. The molecule has 8 heavy (non-hydrogen) atoms. The molecule has 0 saturated carbocycles. The summed E-state index contributed by atoms with van der Waals surface area (Å²) in [6, 6.07) is 0. The summed E-state index contributed by atoms with van der Waals surface area (Å²) in [5.74, 6) is 0.222. The minimum absolute atomic E-state index is 0.0894. The first-order valence-corrected chi connectivity index (χ1v) is 3.03. The second-order valence-electron chi connectivity index (χ2n) is 1.50. The van der Waals surface area contributed by atoms with Gasteiger partial charge in [-0.3, -0.25) is 4.79 Å². The van der Waals surface area contributed by atoms with Crippen molar-refractivity contribution in [2.75, 3.05) is 5.88 Å². The summed E-state index contributed by atoms with van der Waals surface area (Å²) in [7, 11) is 0. The molecule has 0 aromatic rings. The molecule has 0 bridgehead atoms. The second-order valence-corrected chi connectivity index (χ2v) is 1.77. The van der Waals surface area contributed by atoms with Gasteiger partial charge in [0.1, 0.15) is 5.78 Å². The number of halogens is 1. The Morgan fingerprint density at radius 2 is 2.38 bits per heavy atom. The summed E-state index contributed by atoms with van der Waals surface area (Å²) in [5, 5.41) is 0. The highest BCUT2D eigenvalue weighted by Crippen LogP contribution is 1.92. The smallest absolute Gasteiger partial charge is 0.147 e. The van der Waals surface area contributed by atoms with E-state index in [-0.39, 0.29) is 11.7 Å². The average molecular weight is 133 g/mol. The zero-order valence-electron chi connectivity index (χ0n) is 4.69. The van der Waals surface area contributed by atoms with Gasteiger partial charge in [0.15, 0.2) is 0 Å². The number of Topliss-reactive ketones (excluding diaryl/α,β-unsaturated/α-hetero) is 1. The standard InChI is InChI=1S/C6H9ClO/c1-2-3-4-6(8)5-7/h2H,1,3-5H2. The van der Waals surface area contributed by atoms with Gasteiger partial charge in [-0.25, -0.2) is 0 Å². The van der Waals surface area contributed by atoms with Crippen LogP contribution in [-0.2, 0) is 4.79 Å². The molecule has 0 aliphatic carbocycles. The molecule has 0 fully saturated rings. The Morgan fingerprint density at radius 3 is 2.75 bits per heavy atom. The van der Waals surface area contributed by atoms with Crippen LogP contribution in [0.25, 0.3) is 0 Å². The van der Waals surface area contributed by atoms with Gasteiger partial charge in [0.2, 0.25) is 0 Å². The Kier molecular flexibility index (Phi) is 4.67. The molecule has 0 aliphatic heterocycles. The molecule has 0 unspecified atom stereocenters. The van der Waals surface area contributed by atoms with Crippen LogP contribution in [0.3, 0.4) is 0 Å². The molecule has 0 atom stereocenters. The van der Waals surface area contributed by atoms with Crippen molar-refractivity contribution < 1.29 is 4.79 Å². The fraction of sp³-hybridized carbons (Fsp3) is 0.500. The van der Waals surface area contributed by atoms with Gasteiger partial charge in [-0.05, 0) is 6.42 Å². The lowest BCUT2D eigenvalue weighted by Gasteiger charge is -1.87. The lowest BCUT2D eigenvalue weighted by molar-refractivity contribution is -0.116. The Morgan fingerprint density at radius 1 is 1.75 bits per heavy atom. The Balaban J connectivity index is 3.11. The number of rotatable bonds is 4. The second kappa shape index (κ2) is 4.85. The van der Waals surface area contributed by atoms with Crippen molar-refractivity contribution >= 4 is 17.4 Å². The normalized spacial score (nSPS) is 8.62. The van der Waals surface area contributed by atoms with Crippen molar-refractivity contribution in [2.45, 2.75) is 12.8 Å². The lowest BCUT2D eigenvalue weighted by atomic mass is 10.2. The average Bonchev–Trinajstić information content (AvgIpc) is 1.83. The minimum Gasteiger partial charge on any atom is -0.298 e. The topological polar surface area (TPSA) is 17.1 Å². The van der Waals surface area contributed by atoms with E-state index in [4.69, 9.17) is 11.6 Å². The van der Waals surface area contributed by atoms with E-state index in [0.717, 1.165) is 6.42 Å². The van der Waals surface area contributed by atoms with Gasteiger partial charge in [-0.15, -0.1) is 18.2 Å². The van der Waals surface area contributed by atoms with E-state index in [1.54, 1.807) is 6.08 Å². The zero-order chi connectivity index (χ0) is 6.41. The largest absolute Gasteiger partial charge is 0.298 e. The zero-order valence-corrected chi connectivity index (χ0v) is 5.45. The summed E-state index contributed by atoms with van der Waals surface area (Å²) < 4.78 is 0. The summed E-state index contributed by atoms with van der Waals surface area (Å²) in [5.41, 5.74) is 0. The number of hydrogen-bond donors (Lipinski definition) is 0. The van der Waals surface area contributed by atoms with E-state index in [1.165, 1.54) is 0 Å². The van der Waals surface area contributed by atoms with Crippen molar-refractivity contribution in [3.63, 3.8) is 0 Å². The van der Waals surface area contributed by atoms with Crippen LogP contribution in [0.1, 0.15) is 12.8 Å². The molecule has 0 saturated heterocycles. The first kappa shape index (κ1) is 7.70. The third-order valence-electron chi connectivity index (χ3n) is 0.776. The summed E-state index contributed by atoms with van der Waals surface area (Å²) in [4.78, 5) is 10.4. The number of ketones is 1. The van der Waals surface area contributed by atoms with E-state index in [9.17, 15) is 4.79 Å². The molecule has 0 aromatic heterocycles. The highest BCUT2D eigenvalue weighted by Gasteiger charge is 1.94. The molecule has 0 heterocycles. The molecule has 0 spiro atoms. The summed E-state index contributed by atoms with van der Waals surface area (Å²) in [6.07, 6.45) is 2.99. The monoisotopic (exact) mass is 132 g/mol. The molecule has 0 rings (SSSR count). The highest BCUT2D eigenvalue weighted by atomic mass is 35.5. The SMILES string of the molecule is C=CCCC(=O)CCl. The molecule has 0 radical (unpaired) electrons. The van der Waals surface area contributed by atoms with Crippen molar-refractivity contribution in [1.29, 1.82) is 0 Å². The van der Waals surface area contributed by atoms with Crippen molar-refractivity contribution in [2.24, 2.45) is 0 Å². The third-order valence-corrected chi connectivity index (χ3v) is 1.07. The van der Waals surface area contributed by atoms with Gasteiger partial charge in [0, 0.05) is 6.42 Å². The maximum absolute atomic E-state index is 10.4. The van der Waals surface area contributed by atoms with Crippen molar-refractivity contribution in [3.05, 3.63) is 12.7 Å². The predicted octanol–water partition coefficient (Wildman–Crippen LogP) is 1.76. The van der Waals surface area contributed by atoms with Gasteiger partial charge in [-0.2, -0.15) is 0 Å². The maximum atomic E-state index is 10.4. The molecular formula is C6H9ClO. The van der Waals surface area contributed by atoms with Crippen LogP contribution in [0, 0.1) is 0 Å². The molecule has 0 amide bonds. The number of alkyl halides is 1. The van der Waals surface area contributed by atoms with Gasteiger partial charge < -0.3 is 0 Å². The van der Waals surface area contributed by atoms with E-state index in [0.29, 0.717) is 6.42 Å². The van der Waals surface area contributed by atoms with E-state index >= 15 is 0 Å². The highest BCUT2D eigenvalue weighted by molar-refractivity contribution is 6.27. The third kappa shape index (κ3) is 3.88. The molecule has 2 heteroatoms. The number of carbonyl (C=O) groups excluding carboxylic acids is 1. The number of hydrogen-bond acceptors (Lipinski definition) is 1. The first-order valence-electron chi connectivity index (χ1n) is 2.49. The molecule has 0 aromatic carbocycles. The van der Waals surface area contributed by atoms with E-state index in [2.05, 4.69) is 6.58 Å². The van der Waals surface area contributed by atoms with Crippen LogP contribution in [0.4, 0.5) is 0 Å². The Bertz CT molecular complexity index is 88.5.